The molecule has 5 nitrogen and oxygen atoms in total. The quantitative estimate of drug-likeness (QED) is 0.643. The summed E-state index contributed by atoms with van der Waals surface area (Å²) in [5, 5.41) is 10.2. The second-order valence-corrected chi connectivity index (χ2v) is 7.55. The first-order chi connectivity index (χ1) is 11.4. The topological polar surface area (TPSA) is 45.5 Å². The molecule has 0 aliphatic rings. The third-order valence-electron chi connectivity index (χ3n) is 4.06. The van der Waals surface area contributed by atoms with Crippen molar-refractivity contribution < 1.29 is 0 Å². The minimum Gasteiger partial charge on any atom is -0.356 e. The Morgan fingerprint density at radius 2 is 2.17 bits per heavy atom. The fourth-order valence-electron chi connectivity index (χ4n) is 2.79. The normalized spacial score (nSPS) is 13.4. The molecule has 0 saturated heterocycles. The van der Waals surface area contributed by atoms with Crippen molar-refractivity contribution in [3.8, 4) is 0 Å². The number of hydrogen-bond acceptors (Lipinski definition) is 3. The highest BCUT2D eigenvalue weighted by Crippen LogP contribution is 2.20. The number of nitrogens with one attached hydrogen (secondary N) is 1. The molecule has 1 N–H and O–H groups in total. The number of hydrogen-bond donors (Lipinski definition) is 1. The number of thiophene rings is 1. The molecule has 24 heavy (non-hydrogen) atoms. The molecule has 1 atom stereocenters. The SMILES string of the molecule is CN=C(NCC(C)c1cccs1)N(C)Cc1cn(C)nc1C(C)C. The van der Waals surface area contributed by atoms with E-state index in [0.29, 0.717) is 11.8 Å². The van der Waals surface area contributed by atoms with Gasteiger partial charge in [0.2, 0.25) is 0 Å². The molecule has 2 rings (SSSR count). The maximum Gasteiger partial charge on any atom is 0.193 e. The van der Waals surface area contributed by atoms with Gasteiger partial charge >= 0.3 is 0 Å². The molecule has 2 aromatic rings. The number of nitrogens with zero attached hydrogens (tertiary/aromatic N) is 4. The maximum absolute atomic E-state index is 4.59. The van der Waals surface area contributed by atoms with Gasteiger partial charge in [-0.05, 0) is 17.4 Å². The summed E-state index contributed by atoms with van der Waals surface area (Å²) >= 11 is 1.80. The summed E-state index contributed by atoms with van der Waals surface area (Å²) in [5.41, 5.74) is 2.41. The van der Waals surface area contributed by atoms with E-state index in [2.05, 4.69) is 71.8 Å². The van der Waals surface area contributed by atoms with Crippen molar-refractivity contribution in [3.63, 3.8) is 0 Å². The van der Waals surface area contributed by atoms with E-state index in [1.807, 2.05) is 18.8 Å². The van der Waals surface area contributed by atoms with Gasteiger partial charge in [-0.15, -0.1) is 11.3 Å². The number of aryl methyl sites for hydroxylation is 1. The third kappa shape index (κ3) is 4.60. The lowest BCUT2D eigenvalue weighted by atomic mass is 10.1. The van der Waals surface area contributed by atoms with Crippen molar-refractivity contribution >= 4 is 17.3 Å². The van der Waals surface area contributed by atoms with Crippen LogP contribution < -0.4 is 5.32 Å². The monoisotopic (exact) mass is 347 g/mol. The third-order valence-corrected chi connectivity index (χ3v) is 5.16. The van der Waals surface area contributed by atoms with Gasteiger partial charge in [0.25, 0.3) is 0 Å². The van der Waals surface area contributed by atoms with Crippen LogP contribution in [0.2, 0.25) is 0 Å². The van der Waals surface area contributed by atoms with Gasteiger partial charge in [-0.1, -0.05) is 26.8 Å². The Bertz CT molecular complexity index is 657. The highest BCUT2D eigenvalue weighted by Gasteiger charge is 2.15. The van der Waals surface area contributed by atoms with E-state index in [1.165, 1.54) is 10.4 Å². The van der Waals surface area contributed by atoms with E-state index in [-0.39, 0.29) is 0 Å². The number of aliphatic imine (C=N–C) groups is 1. The molecule has 0 saturated carbocycles. The van der Waals surface area contributed by atoms with E-state index in [1.54, 1.807) is 11.3 Å². The van der Waals surface area contributed by atoms with Gasteiger partial charge in [0, 0.05) is 56.8 Å². The number of aromatic nitrogens is 2. The van der Waals surface area contributed by atoms with Gasteiger partial charge in [-0.2, -0.15) is 5.10 Å². The van der Waals surface area contributed by atoms with Crippen LogP contribution in [0.15, 0.2) is 28.7 Å². The Hall–Kier alpha value is -1.82. The molecule has 0 amide bonds. The van der Waals surface area contributed by atoms with Crippen molar-refractivity contribution in [1.29, 1.82) is 0 Å². The summed E-state index contributed by atoms with van der Waals surface area (Å²) in [7, 11) is 5.88. The molecule has 2 heterocycles. The lowest BCUT2D eigenvalue weighted by Crippen LogP contribution is -2.40. The van der Waals surface area contributed by atoms with Gasteiger partial charge in [0.15, 0.2) is 5.96 Å². The van der Waals surface area contributed by atoms with Gasteiger partial charge < -0.3 is 10.2 Å². The molecule has 0 aliphatic heterocycles. The van der Waals surface area contributed by atoms with Gasteiger partial charge in [-0.25, -0.2) is 0 Å². The Balaban J connectivity index is 1.98. The highest BCUT2D eigenvalue weighted by molar-refractivity contribution is 7.10. The Morgan fingerprint density at radius 1 is 1.42 bits per heavy atom. The summed E-state index contributed by atoms with van der Waals surface area (Å²) in [6.07, 6.45) is 2.10. The molecule has 0 bridgehead atoms. The van der Waals surface area contributed by atoms with Crippen LogP contribution in [-0.4, -0.2) is 41.3 Å². The first-order valence-electron chi connectivity index (χ1n) is 8.40. The molecule has 0 aromatic carbocycles. The second kappa shape index (κ2) is 8.33. The predicted molar refractivity (Wildman–Crippen MR) is 103 cm³/mol. The Morgan fingerprint density at radius 3 is 2.75 bits per heavy atom. The molecule has 132 valence electrons. The first kappa shape index (κ1) is 18.5. The fourth-order valence-corrected chi connectivity index (χ4v) is 3.58. The molecular weight excluding hydrogens is 318 g/mol. The molecule has 6 heteroatoms. The van der Waals surface area contributed by atoms with Crippen molar-refractivity contribution in [2.45, 2.75) is 39.2 Å². The molecule has 0 fully saturated rings. The van der Waals surface area contributed by atoms with Crippen LogP contribution in [0.1, 0.15) is 48.7 Å². The van der Waals surface area contributed by atoms with Gasteiger partial charge in [0.1, 0.15) is 0 Å². The highest BCUT2D eigenvalue weighted by atomic mass is 32.1. The van der Waals surface area contributed by atoms with Crippen LogP contribution in [0.25, 0.3) is 0 Å². The summed E-state index contributed by atoms with van der Waals surface area (Å²) in [4.78, 5) is 7.98. The average molecular weight is 348 g/mol. The molecule has 0 radical (unpaired) electrons. The number of guanidine groups is 1. The van der Waals surface area contributed by atoms with Gasteiger partial charge in [0.05, 0.1) is 5.69 Å². The molecular formula is C18H29N5S. The molecule has 0 spiro atoms. The fraction of sp³-hybridized carbons (Fsp3) is 0.556. The van der Waals surface area contributed by atoms with E-state index in [4.69, 9.17) is 0 Å². The predicted octanol–water partition coefficient (Wildman–Crippen LogP) is 3.42. The zero-order chi connectivity index (χ0) is 17.7. The van der Waals surface area contributed by atoms with E-state index in [9.17, 15) is 0 Å². The zero-order valence-corrected chi connectivity index (χ0v) is 16.4. The summed E-state index contributed by atoms with van der Waals surface area (Å²) in [6, 6.07) is 4.29. The summed E-state index contributed by atoms with van der Waals surface area (Å²) in [6.45, 7) is 8.28. The van der Waals surface area contributed by atoms with Crippen LogP contribution in [0.5, 0.6) is 0 Å². The van der Waals surface area contributed by atoms with Crippen LogP contribution in [-0.2, 0) is 13.6 Å². The largest absolute Gasteiger partial charge is 0.356 e. The molecule has 0 aliphatic carbocycles. The van der Waals surface area contributed by atoms with E-state index in [0.717, 1.165) is 24.7 Å². The molecule has 1 unspecified atom stereocenters. The first-order valence-corrected chi connectivity index (χ1v) is 9.28. The molecule has 2 aromatic heterocycles. The second-order valence-electron chi connectivity index (χ2n) is 6.57. The maximum atomic E-state index is 4.59. The van der Waals surface area contributed by atoms with Gasteiger partial charge in [-0.3, -0.25) is 9.67 Å². The lowest BCUT2D eigenvalue weighted by molar-refractivity contribution is 0.470. The minimum atomic E-state index is 0.420. The van der Waals surface area contributed by atoms with Crippen LogP contribution >= 0.6 is 11.3 Å². The summed E-state index contributed by atoms with van der Waals surface area (Å²) in [5.74, 6) is 1.81. The van der Waals surface area contributed by atoms with Crippen LogP contribution in [0.3, 0.4) is 0 Å². The van der Waals surface area contributed by atoms with Crippen molar-refractivity contribution in [2.75, 3.05) is 20.6 Å². The Labute approximate surface area is 149 Å². The van der Waals surface area contributed by atoms with E-state index < -0.39 is 0 Å². The smallest absolute Gasteiger partial charge is 0.193 e. The Kier molecular flexibility index (Phi) is 6.43. The van der Waals surface area contributed by atoms with Crippen LogP contribution in [0.4, 0.5) is 0 Å². The zero-order valence-electron chi connectivity index (χ0n) is 15.6. The summed E-state index contributed by atoms with van der Waals surface area (Å²) < 4.78 is 1.90. The standard InChI is InChI=1S/C18H29N5S/c1-13(2)17-15(12-23(6)21-17)11-22(5)18(19-4)20-10-14(3)16-8-7-9-24-16/h7-9,12-14H,10-11H2,1-6H3,(H,19,20). The van der Waals surface area contributed by atoms with Crippen LogP contribution in [0, 0.1) is 0 Å². The minimum absolute atomic E-state index is 0.420. The average Bonchev–Trinajstić information content (AvgIpc) is 3.17. The number of rotatable bonds is 6. The van der Waals surface area contributed by atoms with E-state index >= 15 is 0 Å². The lowest BCUT2D eigenvalue weighted by Gasteiger charge is -2.23. The van der Waals surface area contributed by atoms with Crippen molar-refractivity contribution in [3.05, 3.63) is 39.8 Å². The van der Waals surface area contributed by atoms with Crippen molar-refractivity contribution in [1.82, 2.24) is 20.0 Å². The van der Waals surface area contributed by atoms with Crippen molar-refractivity contribution in [2.24, 2.45) is 12.0 Å².